The molecule has 1 aliphatic rings. The molecular weight excluding hydrogens is 416 g/mol. The first-order valence-electron chi connectivity index (χ1n) is 11.8. The third-order valence-corrected chi connectivity index (χ3v) is 6.08. The summed E-state index contributed by atoms with van der Waals surface area (Å²) in [4.78, 5) is 33.0. The van der Waals surface area contributed by atoms with Crippen LogP contribution in [0.15, 0.2) is 59.4 Å². The zero-order valence-corrected chi connectivity index (χ0v) is 19.2. The number of piperidine rings is 1. The quantitative estimate of drug-likeness (QED) is 0.509. The van der Waals surface area contributed by atoms with Gasteiger partial charge in [-0.1, -0.05) is 42.5 Å². The van der Waals surface area contributed by atoms with Crippen LogP contribution in [0, 0.1) is 5.92 Å². The lowest BCUT2D eigenvalue weighted by Gasteiger charge is -2.32. The average molecular weight is 449 g/mol. The van der Waals surface area contributed by atoms with Gasteiger partial charge in [-0.05, 0) is 43.9 Å². The zero-order chi connectivity index (χ0) is 23.0. The molecule has 0 aliphatic carbocycles. The van der Waals surface area contributed by atoms with Crippen molar-refractivity contribution >= 4 is 22.8 Å². The second kappa shape index (κ2) is 11.1. The molecule has 1 fully saturated rings. The Morgan fingerprint density at radius 3 is 2.76 bits per heavy atom. The van der Waals surface area contributed by atoms with Crippen molar-refractivity contribution in [2.45, 2.75) is 32.7 Å². The molecule has 33 heavy (non-hydrogen) atoms. The van der Waals surface area contributed by atoms with E-state index in [-0.39, 0.29) is 17.4 Å². The summed E-state index contributed by atoms with van der Waals surface area (Å²) < 4.78 is 7.13. The molecule has 1 aromatic heterocycles. The number of aromatic nitrogens is 2. The predicted molar refractivity (Wildman–Crippen MR) is 131 cm³/mol. The van der Waals surface area contributed by atoms with Crippen LogP contribution in [-0.2, 0) is 16.1 Å². The lowest BCUT2D eigenvalue weighted by molar-refractivity contribution is -0.125. The highest BCUT2D eigenvalue weighted by atomic mass is 16.5. The fourth-order valence-electron chi connectivity index (χ4n) is 4.37. The Morgan fingerprint density at radius 1 is 1.15 bits per heavy atom. The first kappa shape index (κ1) is 23.0. The van der Waals surface area contributed by atoms with E-state index in [4.69, 9.17) is 9.72 Å². The van der Waals surface area contributed by atoms with E-state index in [9.17, 15) is 9.59 Å². The third-order valence-electron chi connectivity index (χ3n) is 6.08. The number of amides is 1. The number of hydrogen-bond donors (Lipinski definition) is 1. The van der Waals surface area contributed by atoms with Crippen LogP contribution in [0.25, 0.3) is 11.0 Å². The second-order valence-electron chi connectivity index (χ2n) is 8.43. The predicted octanol–water partition coefficient (Wildman–Crippen LogP) is 3.20. The van der Waals surface area contributed by atoms with E-state index in [1.54, 1.807) is 4.57 Å². The highest BCUT2D eigenvalue weighted by Crippen LogP contribution is 2.22. The number of ether oxygens (including phenoxy) is 1. The Hall–Kier alpha value is -3.19. The molecule has 7 heteroatoms. The third kappa shape index (κ3) is 5.60. The van der Waals surface area contributed by atoms with Gasteiger partial charge in [0, 0.05) is 32.8 Å². The normalized spacial score (nSPS) is 16.2. The van der Waals surface area contributed by atoms with E-state index in [0.717, 1.165) is 42.4 Å². The summed E-state index contributed by atoms with van der Waals surface area (Å²) >= 11 is 0. The van der Waals surface area contributed by atoms with Gasteiger partial charge in [0.2, 0.25) is 5.91 Å². The first-order chi connectivity index (χ1) is 16.2. The van der Waals surface area contributed by atoms with E-state index in [1.165, 1.54) is 0 Å². The average Bonchev–Trinajstić information content (AvgIpc) is 2.86. The van der Waals surface area contributed by atoms with E-state index in [2.05, 4.69) is 5.32 Å². The molecule has 1 aliphatic heterocycles. The van der Waals surface area contributed by atoms with Crippen molar-refractivity contribution in [1.29, 1.82) is 0 Å². The second-order valence-corrected chi connectivity index (χ2v) is 8.43. The van der Waals surface area contributed by atoms with Gasteiger partial charge in [0.25, 0.3) is 5.56 Å². The van der Waals surface area contributed by atoms with Crippen LogP contribution in [0.2, 0.25) is 0 Å². The van der Waals surface area contributed by atoms with Gasteiger partial charge < -0.3 is 15.0 Å². The molecule has 2 heterocycles. The molecule has 0 spiro atoms. The minimum absolute atomic E-state index is 0.0431. The van der Waals surface area contributed by atoms with Gasteiger partial charge >= 0.3 is 0 Å². The maximum atomic E-state index is 13.6. The van der Waals surface area contributed by atoms with Crippen molar-refractivity contribution in [2.24, 2.45) is 5.92 Å². The molecule has 4 rings (SSSR count). The molecule has 2 aromatic carbocycles. The summed E-state index contributed by atoms with van der Waals surface area (Å²) in [5, 5.41) is 3.02. The molecule has 174 valence electrons. The highest BCUT2D eigenvalue weighted by molar-refractivity contribution is 5.80. The van der Waals surface area contributed by atoms with Crippen LogP contribution in [0.3, 0.4) is 0 Å². The molecular formula is C26H32N4O3. The molecule has 0 radical (unpaired) electrons. The molecule has 1 amide bonds. The molecule has 0 saturated carbocycles. The number of benzene rings is 2. The van der Waals surface area contributed by atoms with Crippen LogP contribution < -0.4 is 15.8 Å². The van der Waals surface area contributed by atoms with Crippen LogP contribution in [0.1, 0.15) is 31.7 Å². The molecule has 1 atom stereocenters. The topological polar surface area (TPSA) is 76.5 Å². The number of rotatable bonds is 9. The number of nitrogens with zero attached hydrogens (tertiary/aromatic N) is 3. The number of nitrogens with one attached hydrogen (secondary N) is 1. The summed E-state index contributed by atoms with van der Waals surface area (Å²) in [7, 11) is 0. The Kier molecular flexibility index (Phi) is 7.73. The highest BCUT2D eigenvalue weighted by Gasteiger charge is 2.28. The number of hydrogen-bond acceptors (Lipinski definition) is 5. The molecule has 1 saturated heterocycles. The lowest BCUT2D eigenvalue weighted by Crippen LogP contribution is -2.46. The van der Waals surface area contributed by atoms with E-state index < -0.39 is 0 Å². The standard InChI is InChI=1S/C26H32N4O3/c1-2-33-17-9-15-27-25(31)21-12-8-16-29(19-21)24-26(32)30(18-20-10-4-3-5-11-20)23-14-7-6-13-22(23)28-24/h3-7,10-11,13-14,21H,2,8-9,12,15-19H2,1H3,(H,27,31). The van der Waals surface area contributed by atoms with E-state index in [1.807, 2.05) is 66.4 Å². The minimum Gasteiger partial charge on any atom is -0.382 e. The molecule has 1 unspecified atom stereocenters. The van der Waals surface area contributed by atoms with Crippen molar-refractivity contribution in [3.63, 3.8) is 0 Å². The number of carbonyl (C=O) groups is 1. The Morgan fingerprint density at radius 2 is 1.94 bits per heavy atom. The molecule has 1 N–H and O–H groups in total. The number of fused-ring (bicyclic) bond motifs is 1. The maximum Gasteiger partial charge on any atom is 0.294 e. The van der Waals surface area contributed by atoms with Crippen molar-refractivity contribution < 1.29 is 9.53 Å². The van der Waals surface area contributed by atoms with Gasteiger partial charge in [0.1, 0.15) is 0 Å². The lowest BCUT2D eigenvalue weighted by atomic mass is 9.97. The summed E-state index contributed by atoms with van der Waals surface area (Å²) in [5.41, 5.74) is 2.54. The molecule has 0 bridgehead atoms. The summed E-state index contributed by atoms with van der Waals surface area (Å²) in [6, 6.07) is 17.7. The van der Waals surface area contributed by atoms with Crippen molar-refractivity contribution in [2.75, 3.05) is 37.7 Å². The monoisotopic (exact) mass is 448 g/mol. The largest absolute Gasteiger partial charge is 0.382 e. The Bertz CT molecular complexity index is 1130. The van der Waals surface area contributed by atoms with E-state index >= 15 is 0 Å². The van der Waals surface area contributed by atoms with Gasteiger partial charge in [-0.25, -0.2) is 4.98 Å². The van der Waals surface area contributed by atoms with Crippen molar-refractivity contribution in [3.05, 3.63) is 70.5 Å². The number of anilines is 1. The van der Waals surface area contributed by atoms with Crippen molar-refractivity contribution in [3.8, 4) is 0 Å². The van der Waals surface area contributed by atoms with Gasteiger partial charge in [-0.15, -0.1) is 0 Å². The van der Waals surface area contributed by atoms with Gasteiger partial charge in [0.15, 0.2) is 5.82 Å². The van der Waals surface area contributed by atoms with Gasteiger partial charge in [-0.2, -0.15) is 0 Å². The molecule has 7 nitrogen and oxygen atoms in total. The minimum atomic E-state index is -0.152. The summed E-state index contributed by atoms with van der Waals surface area (Å²) in [6.07, 6.45) is 2.47. The smallest absolute Gasteiger partial charge is 0.294 e. The van der Waals surface area contributed by atoms with Gasteiger partial charge in [0.05, 0.1) is 23.5 Å². The zero-order valence-electron chi connectivity index (χ0n) is 19.2. The Labute approximate surface area is 194 Å². The van der Waals surface area contributed by atoms with Gasteiger partial charge in [-0.3, -0.25) is 14.2 Å². The van der Waals surface area contributed by atoms with Crippen LogP contribution in [-0.4, -0.2) is 48.3 Å². The SMILES string of the molecule is CCOCCCNC(=O)C1CCCN(c2nc3ccccc3n(Cc3ccccc3)c2=O)C1. The first-order valence-corrected chi connectivity index (χ1v) is 11.8. The van der Waals surface area contributed by atoms with E-state index in [0.29, 0.717) is 38.7 Å². The summed E-state index contributed by atoms with van der Waals surface area (Å²) in [5.74, 6) is 0.321. The number of carbonyl (C=O) groups excluding carboxylic acids is 1. The molecule has 3 aromatic rings. The van der Waals surface area contributed by atoms with Crippen LogP contribution in [0.5, 0.6) is 0 Å². The fraction of sp³-hybridized carbons (Fsp3) is 0.423. The van der Waals surface area contributed by atoms with Crippen LogP contribution in [0.4, 0.5) is 5.82 Å². The fourth-order valence-corrected chi connectivity index (χ4v) is 4.37. The van der Waals surface area contributed by atoms with Crippen LogP contribution >= 0.6 is 0 Å². The number of para-hydroxylation sites is 2. The van der Waals surface area contributed by atoms with Crippen molar-refractivity contribution in [1.82, 2.24) is 14.9 Å². The Balaban J connectivity index is 1.55. The maximum absolute atomic E-state index is 13.6. The summed E-state index contributed by atoms with van der Waals surface area (Å²) in [6.45, 7) is 5.61.